The minimum atomic E-state index is -0.153. The largest absolute Gasteiger partial charge is 0.369 e. The molecular formula is C16H21N5O2S. The number of amides is 2. The van der Waals surface area contributed by atoms with Crippen molar-refractivity contribution in [1.82, 2.24) is 25.0 Å². The Kier molecular flexibility index (Phi) is 4.24. The lowest BCUT2D eigenvalue weighted by molar-refractivity contribution is -0.0139. The Labute approximate surface area is 144 Å². The standard InChI is InChI=1S/C16H21N5O2S/c1-11(15-19-18-14-5-2-6-21(14)15)17-16(22)20-7-8-23-12(10-20)13-4-3-9-24-13/h3-4,9,11-12H,2,5-8,10H2,1H3,(H,17,22)/t11-,12+/m1/s1. The molecule has 2 aromatic heterocycles. The number of nitrogens with one attached hydrogen (secondary N) is 1. The van der Waals surface area contributed by atoms with Gasteiger partial charge in [-0.15, -0.1) is 21.5 Å². The summed E-state index contributed by atoms with van der Waals surface area (Å²) in [5.74, 6) is 1.87. The average Bonchev–Trinajstić information content (AvgIpc) is 3.32. The number of urea groups is 1. The molecular weight excluding hydrogens is 326 g/mol. The number of ether oxygens (including phenoxy) is 1. The van der Waals surface area contributed by atoms with E-state index in [9.17, 15) is 4.79 Å². The first-order valence-corrected chi connectivity index (χ1v) is 9.23. The number of aryl methyl sites for hydroxylation is 1. The van der Waals surface area contributed by atoms with E-state index in [2.05, 4.69) is 26.1 Å². The molecule has 2 atom stereocenters. The Morgan fingerprint density at radius 1 is 1.46 bits per heavy atom. The fraction of sp³-hybridized carbons (Fsp3) is 0.562. The van der Waals surface area contributed by atoms with Gasteiger partial charge in [0.15, 0.2) is 5.82 Å². The van der Waals surface area contributed by atoms with Gasteiger partial charge in [-0.05, 0) is 24.8 Å². The number of rotatable bonds is 3. The van der Waals surface area contributed by atoms with E-state index in [0.717, 1.165) is 35.9 Å². The highest BCUT2D eigenvalue weighted by Gasteiger charge is 2.28. The molecule has 0 radical (unpaired) electrons. The van der Waals surface area contributed by atoms with Crippen LogP contribution in [0.2, 0.25) is 0 Å². The first-order valence-electron chi connectivity index (χ1n) is 8.35. The van der Waals surface area contributed by atoms with Crippen molar-refractivity contribution in [3.63, 3.8) is 0 Å². The maximum atomic E-state index is 12.6. The van der Waals surface area contributed by atoms with E-state index in [1.54, 1.807) is 11.3 Å². The highest BCUT2D eigenvalue weighted by molar-refractivity contribution is 7.10. The van der Waals surface area contributed by atoms with Gasteiger partial charge in [-0.3, -0.25) is 0 Å². The van der Waals surface area contributed by atoms with Crippen molar-refractivity contribution in [3.8, 4) is 0 Å². The van der Waals surface area contributed by atoms with Crippen molar-refractivity contribution in [2.75, 3.05) is 19.7 Å². The SMILES string of the molecule is C[C@@H](NC(=O)N1CCO[C@H](c2cccs2)C1)c1nnc2n1CCC2. The molecule has 2 amide bonds. The van der Waals surface area contributed by atoms with E-state index in [0.29, 0.717) is 19.7 Å². The van der Waals surface area contributed by atoms with Crippen molar-refractivity contribution in [3.05, 3.63) is 34.0 Å². The summed E-state index contributed by atoms with van der Waals surface area (Å²) < 4.78 is 7.93. The van der Waals surface area contributed by atoms with Gasteiger partial charge in [0.2, 0.25) is 0 Å². The molecule has 1 N–H and O–H groups in total. The molecule has 2 aliphatic heterocycles. The van der Waals surface area contributed by atoms with Crippen LogP contribution in [0.5, 0.6) is 0 Å². The number of hydrogen-bond donors (Lipinski definition) is 1. The molecule has 1 saturated heterocycles. The van der Waals surface area contributed by atoms with Gasteiger partial charge in [-0.2, -0.15) is 0 Å². The summed E-state index contributed by atoms with van der Waals surface area (Å²) in [6, 6.07) is 3.84. The van der Waals surface area contributed by atoms with Crippen LogP contribution in [0.1, 0.15) is 42.0 Å². The molecule has 24 heavy (non-hydrogen) atoms. The number of carbonyl (C=O) groups excluding carboxylic acids is 1. The number of fused-ring (bicyclic) bond motifs is 1. The molecule has 1 fully saturated rings. The van der Waals surface area contributed by atoms with Crippen molar-refractivity contribution < 1.29 is 9.53 Å². The zero-order valence-electron chi connectivity index (χ0n) is 13.6. The Morgan fingerprint density at radius 2 is 2.38 bits per heavy atom. The van der Waals surface area contributed by atoms with Crippen LogP contribution in [0.25, 0.3) is 0 Å². The van der Waals surface area contributed by atoms with Crippen molar-refractivity contribution in [2.45, 2.75) is 38.5 Å². The predicted molar refractivity (Wildman–Crippen MR) is 89.9 cm³/mol. The van der Waals surface area contributed by atoms with Gasteiger partial charge < -0.3 is 19.5 Å². The number of morpholine rings is 1. The van der Waals surface area contributed by atoms with E-state index >= 15 is 0 Å². The highest BCUT2D eigenvalue weighted by Crippen LogP contribution is 2.26. The normalized spacial score (nSPS) is 21.5. The molecule has 0 aromatic carbocycles. The third-order valence-electron chi connectivity index (χ3n) is 4.58. The number of carbonyl (C=O) groups is 1. The summed E-state index contributed by atoms with van der Waals surface area (Å²) >= 11 is 1.66. The molecule has 0 unspecified atom stereocenters. The third kappa shape index (κ3) is 2.91. The van der Waals surface area contributed by atoms with Crippen LogP contribution in [0.4, 0.5) is 4.79 Å². The monoisotopic (exact) mass is 347 g/mol. The van der Waals surface area contributed by atoms with Gasteiger partial charge in [-0.1, -0.05) is 6.07 Å². The molecule has 0 bridgehead atoms. The summed E-state index contributed by atoms with van der Waals surface area (Å²) in [5, 5.41) is 13.6. The first kappa shape index (κ1) is 15.6. The molecule has 0 saturated carbocycles. The van der Waals surface area contributed by atoms with Crippen LogP contribution in [-0.4, -0.2) is 45.4 Å². The molecule has 7 nitrogen and oxygen atoms in total. The molecule has 4 heterocycles. The second kappa shape index (κ2) is 6.52. The van der Waals surface area contributed by atoms with Crippen molar-refractivity contribution >= 4 is 17.4 Å². The molecule has 128 valence electrons. The molecule has 0 aliphatic carbocycles. The molecule has 2 aliphatic rings. The Bertz CT molecular complexity index is 714. The van der Waals surface area contributed by atoms with Crippen LogP contribution in [0.3, 0.4) is 0 Å². The molecule has 8 heteroatoms. The smallest absolute Gasteiger partial charge is 0.318 e. The van der Waals surface area contributed by atoms with Gasteiger partial charge in [0.1, 0.15) is 11.9 Å². The van der Waals surface area contributed by atoms with E-state index in [1.807, 2.05) is 23.3 Å². The quantitative estimate of drug-likeness (QED) is 0.923. The fourth-order valence-electron chi connectivity index (χ4n) is 3.31. The summed E-state index contributed by atoms with van der Waals surface area (Å²) in [6.45, 7) is 4.65. The average molecular weight is 347 g/mol. The van der Waals surface area contributed by atoms with Gasteiger partial charge in [0.25, 0.3) is 0 Å². The summed E-state index contributed by atoms with van der Waals surface area (Å²) in [5.41, 5.74) is 0. The van der Waals surface area contributed by atoms with E-state index < -0.39 is 0 Å². The summed E-state index contributed by atoms with van der Waals surface area (Å²) in [4.78, 5) is 15.6. The maximum Gasteiger partial charge on any atom is 0.318 e. The van der Waals surface area contributed by atoms with Gasteiger partial charge in [-0.25, -0.2) is 4.79 Å². The Morgan fingerprint density at radius 3 is 3.21 bits per heavy atom. The minimum Gasteiger partial charge on any atom is -0.369 e. The van der Waals surface area contributed by atoms with E-state index in [4.69, 9.17) is 4.74 Å². The number of nitrogens with zero attached hydrogens (tertiary/aromatic N) is 4. The predicted octanol–water partition coefficient (Wildman–Crippen LogP) is 2.13. The van der Waals surface area contributed by atoms with Gasteiger partial charge in [0.05, 0.1) is 19.2 Å². The van der Waals surface area contributed by atoms with Crippen LogP contribution in [0.15, 0.2) is 17.5 Å². The minimum absolute atomic E-state index is 0.0304. The second-order valence-electron chi connectivity index (χ2n) is 6.22. The van der Waals surface area contributed by atoms with Crippen molar-refractivity contribution in [1.29, 1.82) is 0 Å². The number of hydrogen-bond acceptors (Lipinski definition) is 5. The lowest BCUT2D eigenvalue weighted by Crippen LogP contribution is -2.47. The zero-order chi connectivity index (χ0) is 16.5. The Balaban J connectivity index is 1.40. The lowest BCUT2D eigenvalue weighted by Gasteiger charge is -2.33. The summed E-state index contributed by atoms with van der Waals surface area (Å²) in [7, 11) is 0. The highest BCUT2D eigenvalue weighted by atomic mass is 32.1. The van der Waals surface area contributed by atoms with E-state index in [1.165, 1.54) is 0 Å². The molecule has 0 spiro atoms. The lowest BCUT2D eigenvalue weighted by atomic mass is 10.2. The number of aromatic nitrogens is 3. The fourth-order valence-corrected chi connectivity index (χ4v) is 4.08. The Hall–Kier alpha value is -1.93. The number of thiophene rings is 1. The molecule has 4 rings (SSSR count). The van der Waals surface area contributed by atoms with Crippen LogP contribution in [-0.2, 0) is 17.7 Å². The second-order valence-corrected chi connectivity index (χ2v) is 7.20. The third-order valence-corrected chi connectivity index (χ3v) is 5.54. The van der Waals surface area contributed by atoms with Gasteiger partial charge >= 0.3 is 6.03 Å². The summed E-state index contributed by atoms with van der Waals surface area (Å²) in [6.07, 6.45) is 2.04. The first-order chi connectivity index (χ1) is 11.7. The maximum absolute atomic E-state index is 12.6. The van der Waals surface area contributed by atoms with Gasteiger partial charge in [0, 0.05) is 24.4 Å². The van der Waals surface area contributed by atoms with Crippen LogP contribution < -0.4 is 5.32 Å². The zero-order valence-corrected chi connectivity index (χ0v) is 14.5. The van der Waals surface area contributed by atoms with Crippen LogP contribution in [0, 0.1) is 0 Å². The van der Waals surface area contributed by atoms with Crippen LogP contribution >= 0.6 is 11.3 Å². The van der Waals surface area contributed by atoms with Crippen molar-refractivity contribution in [2.24, 2.45) is 0 Å². The van der Waals surface area contributed by atoms with E-state index in [-0.39, 0.29) is 18.2 Å². The molecule has 2 aromatic rings. The topological polar surface area (TPSA) is 72.3 Å².